The molecule has 0 bridgehead atoms. The lowest BCUT2D eigenvalue weighted by atomic mass is 9.87. The van der Waals surface area contributed by atoms with Crippen LogP contribution in [0.5, 0.6) is 5.75 Å². The van der Waals surface area contributed by atoms with Gasteiger partial charge in [-0.05, 0) is 67.8 Å². The number of aryl methyl sites for hydroxylation is 1. The average Bonchev–Trinajstić information content (AvgIpc) is 2.52. The molecule has 0 amide bonds. The summed E-state index contributed by atoms with van der Waals surface area (Å²) in [5, 5.41) is 12.9. The number of hydrogen-bond acceptors (Lipinski definition) is 3. The maximum atomic E-state index is 9.18. The van der Waals surface area contributed by atoms with Crippen LogP contribution in [0.2, 0.25) is 0 Å². The van der Waals surface area contributed by atoms with E-state index in [2.05, 4.69) is 30.4 Å². The maximum Gasteiger partial charge on any atom is 0.119 e. The molecule has 1 aromatic rings. The third-order valence-corrected chi connectivity index (χ3v) is 4.55. The Balaban J connectivity index is 2.01. The summed E-state index contributed by atoms with van der Waals surface area (Å²) in [7, 11) is 1.73. The summed E-state index contributed by atoms with van der Waals surface area (Å²) in [6, 6.07) is 6.89. The zero-order valence-corrected chi connectivity index (χ0v) is 13.4. The second-order valence-corrected chi connectivity index (χ2v) is 6.08. The molecule has 0 aliphatic heterocycles. The Bertz CT molecular complexity index is 427. The number of ether oxygens (including phenoxy) is 1. The molecule has 2 N–H and O–H groups in total. The van der Waals surface area contributed by atoms with E-state index in [0.29, 0.717) is 18.6 Å². The monoisotopic (exact) mass is 291 g/mol. The lowest BCUT2D eigenvalue weighted by molar-refractivity contribution is 0.243. The van der Waals surface area contributed by atoms with E-state index in [1.807, 2.05) is 0 Å². The van der Waals surface area contributed by atoms with Gasteiger partial charge in [0.1, 0.15) is 5.75 Å². The van der Waals surface area contributed by atoms with Crippen molar-refractivity contribution < 1.29 is 9.84 Å². The quantitative estimate of drug-likeness (QED) is 0.770. The molecule has 2 rings (SSSR count). The topological polar surface area (TPSA) is 41.5 Å². The van der Waals surface area contributed by atoms with Crippen molar-refractivity contribution in [2.75, 3.05) is 20.3 Å². The molecule has 21 heavy (non-hydrogen) atoms. The molecule has 0 spiro atoms. The van der Waals surface area contributed by atoms with Gasteiger partial charge in [-0.15, -0.1) is 0 Å². The largest absolute Gasteiger partial charge is 0.497 e. The van der Waals surface area contributed by atoms with Crippen LogP contribution in [0.4, 0.5) is 0 Å². The van der Waals surface area contributed by atoms with Crippen LogP contribution < -0.4 is 10.1 Å². The fraction of sp³-hybridized carbons (Fsp3) is 0.667. The third-order valence-electron chi connectivity index (χ3n) is 4.55. The normalized spacial score (nSPS) is 19.1. The van der Waals surface area contributed by atoms with Crippen LogP contribution in [0.3, 0.4) is 0 Å². The molecule has 0 saturated carbocycles. The number of nitrogens with one attached hydrogen (secondary N) is 1. The van der Waals surface area contributed by atoms with E-state index in [4.69, 9.17) is 4.74 Å². The van der Waals surface area contributed by atoms with E-state index in [9.17, 15) is 5.11 Å². The molecule has 0 aromatic heterocycles. The molecule has 118 valence electrons. The number of benzene rings is 1. The van der Waals surface area contributed by atoms with Crippen molar-refractivity contribution in [1.82, 2.24) is 5.32 Å². The van der Waals surface area contributed by atoms with Gasteiger partial charge in [-0.1, -0.05) is 19.4 Å². The fourth-order valence-electron chi connectivity index (χ4n) is 3.36. The Kier molecular flexibility index (Phi) is 6.52. The van der Waals surface area contributed by atoms with Crippen molar-refractivity contribution in [3.8, 4) is 5.75 Å². The zero-order chi connectivity index (χ0) is 15.1. The SMILES string of the molecule is CCCC(CCO)CNC1CCCc2ccc(OC)cc21. The zero-order valence-electron chi connectivity index (χ0n) is 13.4. The van der Waals surface area contributed by atoms with Crippen molar-refractivity contribution >= 4 is 0 Å². The van der Waals surface area contributed by atoms with E-state index in [-0.39, 0.29) is 0 Å². The Labute approximate surface area is 128 Å². The van der Waals surface area contributed by atoms with Crippen molar-refractivity contribution in [3.63, 3.8) is 0 Å². The number of methoxy groups -OCH3 is 1. The predicted octanol–water partition coefficient (Wildman–Crippen LogP) is 3.46. The third kappa shape index (κ3) is 4.45. The summed E-state index contributed by atoms with van der Waals surface area (Å²) in [4.78, 5) is 0. The Morgan fingerprint density at radius 2 is 2.24 bits per heavy atom. The Morgan fingerprint density at radius 3 is 2.95 bits per heavy atom. The van der Waals surface area contributed by atoms with Gasteiger partial charge in [-0.2, -0.15) is 0 Å². The van der Waals surface area contributed by atoms with Crippen LogP contribution in [0, 0.1) is 5.92 Å². The molecule has 3 heteroatoms. The summed E-state index contributed by atoms with van der Waals surface area (Å²) in [5.41, 5.74) is 2.86. The van der Waals surface area contributed by atoms with E-state index in [1.165, 1.54) is 43.2 Å². The average molecular weight is 291 g/mol. The Morgan fingerprint density at radius 1 is 1.38 bits per heavy atom. The van der Waals surface area contributed by atoms with Crippen molar-refractivity contribution in [3.05, 3.63) is 29.3 Å². The van der Waals surface area contributed by atoms with Crippen molar-refractivity contribution in [1.29, 1.82) is 0 Å². The fourth-order valence-corrected chi connectivity index (χ4v) is 3.36. The number of aliphatic hydroxyl groups excluding tert-OH is 1. The molecule has 1 aliphatic carbocycles. The first kappa shape index (κ1) is 16.3. The molecule has 1 aromatic carbocycles. The van der Waals surface area contributed by atoms with Gasteiger partial charge in [0.05, 0.1) is 7.11 Å². The summed E-state index contributed by atoms with van der Waals surface area (Å²) in [5.74, 6) is 1.53. The minimum Gasteiger partial charge on any atom is -0.497 e. The summed E-state index contributed by atoms with van der Waals surface area (Å²) >= 11 is 0. The molecule has 2 unspecified atom stereocenters. The highest BCUT2D eigenvalue weighted by molar-refractivity contribution is 5.39. The maximum absolute atomic E-state index is 9.18. The second-order valence-electron chi connectivity index (χ2n) is 6.08. The minimum absolute atomic E-state index is 0.293. The van der Waals surface area contributed by atoms with Crippen LogP contribution in [-0.2, 0) is 6.42 Å². The van der Waals surface area contributed by atoms with Gasteiger partial charge in [0.15, 0.2) is 0 Å². The van der Waals surface area contributed by atoms with E-state index in [1.54, 1.807) is 7.11 Å². The molecule has 2 atom stereocenters. The standard InChI is InChI=1S/C18H29NO2/c1-3-5-14(10-11-20)13-19-18-7-4-6-15-8-9-16(21-2)12-17(15)18/h8-9,12,14,18-20H,3-7,10-11,13H2,1-2H3. The van der Waals surface area contributed by atoms with Gasteiger partial charge in [0.2, 0.25) is 0 Å². The Hall–Kier alpha value is -1.06. The molecule has 3 nitrogen and oxygen atoms in total. The van der Waals surface area contributed by atoms with Crippen LogP contribution in [0.15, 0.2) is 18.2 Å². The first-order valence-electron chi connectivity index (χ1n) is 8.29. The molecule has 0 heterocycles. The van der Waals surface area contributed by atoms with Gasteiger partial charge in [-0.3, -0.25) is 0 Å². The summed E-state index contributed by atoms with van der Waals surface area (Å²) in [6.45, 7) is 3.50. The van der Waals surface area contributed by atoms with Crippen LogP contribution in [0.25, 0.3) is 0 Å². The number of rotatable bonds is 8. The minimum atomic E-state index is 0.293. The predicted molar refractivity (Wildman–Crippen MR) is 86.8 cm³/mol. The van der Waals surface area contributed by atoms with Crippen LogP contribution in [0.1, 0.15) is 56.2 Å². The van der Waals surface area contributed by atoms with Gasteiger partial charge >= 0.3 is 0 Å². The highest BCUT2D eigenvalue weighted by atomic mass is 16.5. The molecule has 1 aliphatic rings. The van der Waals surface area contributed by atoms with Crippen LogP contribution in [-0.4, -0.2) is 25.4 Å². The first-order chi connectivity index (χ1) is 10.3. The van der Waals surface area contributed by atoms with Gasteiger partial charge in [0.25, 0.3) is 0 Å². The van der Waals surface area contributed by atoms with E-state index in [0.717, 1.165) is 18.7 Å². The van der Waals surface area contributed by atoms with E-state index < -0.39 is 0 Å². The van der Waals surface area contributed by atoms with Gasteiger partial charge < -0.3 is 15.2 Å². The molecule has 0 radical (unpaired) electrons. The molecular formula is C18H29NO2. The number of hydrogen-bond donors (Lipinski definition) is 2. The van der Waals surface area contributed by atoms with Crippen LogP contribution >= 0.6 is 0 Å². The summed E-state index contributed by atoms with van der Waals surface area (Å²) in [6.07, 6.45) is 6.88. The molecule has 0 fully saturated rings. The molecular weight excluding hydrogens is 262 g/mol. The molecule has 0 saturated heterocycles. The van der Waals surface area contributed by atoms with Crippen molar-refractivity contribution in [2.24, 2.45) is 5.92 Å². The first-order valence-corrected chi connectivity index (χ1v) is 8.29. The number of aliphatic hydroxyl groups is 1. The second kappa shape index (κ2) is 8.40. The van der Waals surface area contributed by atoms with Gasteiger partial charge in [-0.25, -0.2) is 0 Å². The smallest absolute Gasteiger partial charge is 0.119 e. The lowest BCUT2D eigenvalue weighted by Gasteiger charge is -2.28. The van der Waals surface area contributed by atoms with Crippen molar-refractivity contribution in [2.45, 2.75) is 51.5 Å². The highest BCUT2D eigenvalue weighted by Crippen LogP contribution is 2.32. The highest BCUT2D eigenvalue weighted by Gasteiger charge is 2.21. The lowest BCUT2D eigenvalue weighted by Crippen LogP contribution is -2.30. The van der Waals surface area contributed by atoms with E-state index >= 15 is 0 Å². The summed E-state index contributed by atoms with van der Waals surface area (Å²) < 4.78 is 5.37. The number of fused-ring (bicyclic) bond motifs is 1. The van der Waals surface area contributed by atoms with Gasteiger partial charge in [0, 0.05) is 12.6 Å².